The maximum atomic E-state index is 13.2. The molecule has 3 rings (SSSR count). The van der Waals surface area contributed by atoms with Gasteiger partial charge in [0.2, 0.25) is 5.91 Å². The maximum Gasteiger partial charge on any atom is 0.416 e. The number of pyridine rings is 1. The van der Waals surface area contributed by atoms with E-state index in [9.17, 15) is 22.8 Å². The third kappa shape index (κ3) is 4.93. The van der Waals surface area contributed by atoms with Gasteiger partial charge in [-0.25, -0.2) is 4.68 Å². The van der Waals surface area contributed by atoms with E-state index in [0.717, 1.165) is 29.2 Å². The summed E-state index contributed by atoms with van der Waals surface area (Å²) in [6.07, 6.45) is -1.96. The number of carbonyl (C=O) groups is 1. The van der Waals surface area contributed by atoms with Crippen LogP contribution in [0.5, 0.6) is 0 Å². The molecule has 1 amide bonds. The second-order valence-corrected chi connectivity index (χ2v) is 7.65. The Bertz CT molecular complexity index is 1310. The lowest BCUT2D eigenvalue weighted by atomic mass is 10.0. The Kier molecular flexibility index (Phi) is 6.28. The van der Waals surface area contributed by atoms with Crippen molar-refractivity contribution in [2.24, 2.45) is 5.92 Å². The number of aromatic nitrogens is 3. The van der Waals surface area contributed by atoms with Gasteiger partial charge in [-0.3, -0.25) is 25.0 Å². The average molecular weight is 446 g/mol. The molecule has 8 nitrogen and oxygen atoms in total. The lowest BCUT2D eigenvalue weighted by Gasteiger charge is -2.14. The van der Waals surface area contributed by atoms with Crippen LogP contribution >= 0.6 is 0 Å². The quantitative estimate of drug-likeness (QED) is 0.399. The van der Waals surface area contributed by atoms with Crippen molar-refractivity contribution in [3.63, 3.8) is 0 Å². The van der Waals surface area contributed by atoms with E-state index in [4.69, 9.17) is 10.8 Å². The SMILES string of the molecule is CC(C)Cc1nn(CC(=O)Nc2ccc(=N)n(C=N)c2)c(=O)c2ccc(C(F)(F)F)cc12. The van der Waals surface area contributed by atoms with E-state index in [0.29, 0.717) is 17.8 Å². The number of alkyl halides is 3. The van der Waals surface area contributed by atoms with Gasteiger partial charge in [-0.05, 0) is 42.7 Å². The van der Waals surface area contributed by atoms with Gasteiger partial charge in [-0.15, -0.1) is 0 Å². The van der Waals surface area contributed by atoms with Crippen molar-refractivity contribution in [2.45, 2.75) is 33.0 Å². The Labute approximate surface area is 180 Å². The van der Waals surface area contributed by atoms with Crippen molar-refractivity contribution in [1.29, 1.82) is 10.8 Å². The minimum absolute atomic E-state index is 0.0435. The number of carbonyl (C=O) groups excluding carboxylic acids is 1. The third-order valence-corrected chi connectivity index (χ3v) is 4.66. The predicted octanol–water partition coefficient (Wildman–Crippen LogP) is 2.99. The van der Waals surface area contributed by atoms with E-state index in [1.807, 2.05) is 13.8 Å². The summed E-state index contributed by atoms with van der Waals surface area (Å²) in [5, 5.41) is 21.8. The first-order valence-electron chi connectivity index (χ1n) is 9.67. The summed E-state index contributed by atoms with van der Waals surface area (Å²) in [7, 11) is 0. The molecule has 168 valence electrons. The van der Waals surface area contributed by atoms with Crippen molar-refractivity contribution < 1.29 is 18.0 Å². The summed E-state index contributed by atoms with van der Waals surface area (Å²) < 4.78 is 41.6. The highest BCUT2D eigenvalue weighted by atomic mass is 19.4. The number of rotatable bonds is 6. The van der Waals surface area contributed by atoms with E-state index in [1.54, 1.807) is 0 Å². The van der Waals surface area contributed by atoms with Gasteiger partial charge in [-0.2, -0.15) is 18.3 Å². The predicted molar refractivity (Wildman–Crippen MR) is 113 cm³/mol. The van der Waals surface area contributed by atoms with Crippen LogP contribution in [0.15, 0.2) is 41.3 Å². The molecule has 0 radical (unpaired) electrons. The van der Waals surface area contributed by atoms with Crippen molar-refractivity contribution in [2.75, 3.05) is 5.32 Å². The van der Waals surface area contributed by atoms with Crippen LogP contribution in [0.1, 0.15) is 25.1 Å². The molecule has 11 heteroatoms. The Morgan fingerprint density at radius 3 is 2.56 bits per heavy atom. The van der Waals surface area contributed by atoms with Gasteiger partial charge in [0.1, 0.15) is 12.0 Å². The van der Waals surface area contributed by atoms with E-state index < -0.39 is 29.8 Å². The van der Waals surface area contributed by atoms with Crippen LogP contribution in [-0.4, -0.2) is 26.6 Å². The highest BCUT2D eigenvalue weighted by Crippen LogP contribution is 2.31. The lowest BCUT2D eigenvalue weighted by Crippen LogP contribution is -2.31. The third-order valence-electron chi connectivity index (χ3n) is 4.66. The fraction of sp³-hybridized carbons (Fsp3) is 0.286. The fourth-order valence-corrected chi connectivity index (χ4v) is 3.21. The summed E-state index contributed by atoms with van der Waals surface area (Å²) in [4.78, 5) is 25.3. The molecule has 32 heavy (non-hydrogen) atoms. The Hall–Kier alpha value is -3.76. The number of fused-ring (bicyclic) bond motifs is 1. The minimum Gasteiger partial charge on any atom is -0.323 e. The smallest absolute Gasteiger partial charge is 0.323 e. The zero-order chi connectivity index (χ0) is 23.6. The first kappa shape index (κ1) is 22.9. The normalized spacial score (nSPS) is 11.7. The van der Waals surface area contributed by atoms with Gasteiger partial charge < -0.3 is 5.32 Å². The number of hydrogen-bond donors (Lipinski definition) is 3. The van der Waals surface area contributed by atoms with Gasteiger partial charge in [0.05, 0.1) is 28.7 Å². The molecule has 0 saturated carbocycles. The summed E-state index contributed by atoms with van der Waals surface area (Å²) in [6, 6.07) is 5.73. The summed E-state index contributed by atoms with van der Waals surface area (Å²) in [5.74, 6) is -0.532. The highest BCUT2D eigenvalue weighted by molar-refractivity contribution is 5.91. The fourth-order valence-electron chi connectivity index (χ4n) is 3.21. The van der Waals surface area contributed by atoms with Crippen LogP contribution < -0.4 is 16.4 Å². The molecule has 3 aromatic rings. The topological polar surface area (TPSA) is 117 Å². The number of anilines is 1. The Morgan fingerprint density at radius 2 is 1.94 bits per heavy atom. The maximum absolute atomic E-state index is 13.2. The lowest BCUT2D eigenvalue weighted by molar-refractivity contribution is -0.137. The molecule has 0 unspecified atom stereocenters. The van der Waals surface area contributed by atoms with Crippen LogP contribution in [0.25, 0.3) is 10.8 Å². The molecule has 1 aromatic carbocycles. The van der Waals surface area contributed by atoms with E-state index in [-0.39, 0.29) is 22.2 Å². The molecule has 0 fully saturated rings. The molecule has 0 atom stereocenters. The molecule has 0 saturated heterocycles. The van der Waals surface area contributed by atoms with Crippen molar-refractivity contribution >= 4 is 28.7 Å². The number of nitrogens with zero attached hydrogens (tertiary/aromatic N) is 3. The summed E-state index contributed by atoms with van der Waals surface area (Å²) >= 11 is 0. The van der Waals surface area contributed by atoms with Gasteiger partial charge in [0, 0.05) is 11.6 Å². The molecular formula is C21H21F3N6O2. The first-order chi connectivity index (χ1) is 15.0. The first-order valence-corrected chi connectivity index (χ1v) is 9.67. The van der Waals surface area contributed by atoms with Gasteiger partial charge in [0.15, 0.2) is 0 Å². The molecule has 3 N–H and O–H groups in total. The molecule has 0 aliphatic carbocycles. The van der Waals surface area contributed by atoms with Crippen molar-refractivity contribution in [1.82, 2.24) is 14.3 Å². The van der Waals surface area contributed by atoms with Gasteiger partial charge in [-0.1, -0.05) is 13.8 Å². The van der Waals surface area contributed by atoms with Crippen molar-refractivity contribution in [3.05, 3.63) is 63.6 Å². The largest absolute Gasteiger partial charge is 0.416 e. The van der Waals surface area contributed by atoms with Gasteiger partial charge in [0.25, 0.3) is 5.56 Å². The zero-order valence-corrected chi connectivity index (χ0v) is 17.3. The number of hydrogen-bond acceptors (Lipinski definition) is 5. The van der Waals surface area contributed by atoms with E-state index >= 15 is 0 Å². The van der Waals surface area contributed by atoms with E-state index in [1.165, 1.54) is 22.9 Å². The standard InChI is InChI=1S/C21H21F3N6O2/c1-12(2)7-17-16-8-13(21(22,23)24)3-5-15(16)20(32)30(28-17)10-19(31)27-14-4-6-18(26)29(9-14)11-25/h3-6,8-9,11-12,25-26H,7,10H2,1-2H3,(H,27,31). The summed E-state index contributed by atoms with van der Waals surface area (Å²) in [5.41, 5.74) is -0.896. The zero-order valence-electron chi connectivity index (χ0n) is 17.3. The Morgan fingerprint density at radius 1 is 1.22 bits per heavy atom. The Balaban J connectivity index is 2.00. The average Bonchev–Trinajstić information content (AvgIpc) is 2.71. The van der Waals surface area contributed by atoms with E-state index in [2.05, 4.69) is 10.4 Å². The highest BCUT2D eigenvalue weighted by Gasteiger charge is 2.31. The number of nitrogens with one attached hydrogen (secondary N) is 3. The monoisotopic (exact) mass is 446 g/mol. The molecule has 0 bridgehead atoms. The summed E-state index contributed by atoms with van der Waals surface area (Å²) in [6.45, 7) is 3.30. The second-order valence-electron chi connectivity index (χ2n) is 7.65. The number of benzene rings is 1. The van der Waals surface area contributed by atoms with Crippen molar-refractivity contribution in [3.8, 4) is 0 Å². The molecular weight excluding hydrogens is 425 g/mol. The van der Waals surface area contributed by atoms with Crippen LogP contribution in [-0.2, 0) is 23.9 Å². The van der Waals surface area contributed by atoms with Crippen LogP contribution in [0.4, 0.5) is 18.9 Å². The minimum atomic E-state index is -4.56. The van der Waals surface area contributed by atoms with Crippen LogP contribution in [0.3, 0.4) is 0 Å². The molecule has 2 heterocycles. The number of halogens is 3. The van der Waals surface area contributed by atoms with Gasteiger partial charge >= 0.3 is 6.18 Å². The number of amides is 1. The van der Waals surface area contributed by atoms with Crippen LogP contribution in [0.2, 0.25) is 0 Å². The molecule has 0 spiro atoms. The van der Waals surface area contributed by atoms with Crippen LogP contribution in [0, 0.1) is 16.7 Å². The molecule has 2 aromatic heterocycles. The molecule has 0 aliphatic rings. The molecule has 0 aliphatic heterocycles. The second kappa shape index (κ2) is 8.77.